The lowest BCUT2D eigenvalue weighted by Gasteiger charge is -2.02. The smallest absolute Gasteiger partial charge is 0.182 e. The molecule has 0 fully saturated rings. The minimum Gasteiger partial charge on any atom is -0.243 e. The third kappa shape index (κ3) is 2.41. The highest BCUT2D eigenvalue weighted by Gasteiger charge is 2.13. The molecule has 0 unspecified atom stereocenters. The van der Waals surface area contributed by atoms with Crippen LogP contribution in [0.4, 0.5) is 4.39 Å². The van der Waals surface area contributed by atoms with Gasteiger partial charge in [-0.3, -0.25) is 0 Å². The van der Waals surface area contributed by atoms with Gasteiger partial charge in [0.15, 0.2) is 17.1 Å². The van der Waals surface area contributed by atoms with E-state index in [4.69, 9.17) is 0 Å². The molecule has 5 rings (SSSR count). The van der Waals surface area contributed by atoms with Crippen LogP contribution < -0.4 is 0 Å². The summed E-state index contributed by atoms with van der Waals surface area (Å²) in [6, 6.07) is 16.2. The fourth-order valence-electron chi connectivity index (χ4n) is 2.96. The third-order valence-electron chi connectivity index (χ3n) is 4.25. The van der Waals surface area contributed by atoms with Crippen molar-refractivity contribution in [3.8, 4) is 11.4 Å². The minimum atomic E-state index is -0.288. The van der Waals surface area contributed by atoms with Crippen molar-refractivity contribution in [2.45, 2.75) is 6.54 Å². The SMILES string of the molecule is Fc1ccc(-c2nc3c4cnn(Cc5ccccc5)c4ncn3n2)cc1. The van der Waals surface area contributed by atoms with Crippen LogP contribution in [0.1, 0.15) is 5.56 Å². The molecule has 0 aliphatic heterocycles. The van der Waals surface area contributed by atoms with E-state index in [-0.39, 0.29) is 5.82 Å². The lowest BCUT2D eigenvalue weighted by atomic mass is 10.2. The summed E-state index contributed by atoms with van der Waals surface area (Å²) in [4.78, 5) is 9.08. The van der Waals surface area contributed by atoms with Gasteiger partial charge in [-0.15, -0.1) is 5.10 Å². The van der Waals surface area contributed by atoms with Crippen LogP contribution in [0, 0.1) is 5.82 Å². The summed E-state index contributed by atoms with van der Waals surface area (Å²) in [5, 5.41) is 9.72. The van der Waals surface area contributed by atoms with Crippen LogP contribution in [0.2, 0.25) is 0 Å². The van der Waals surface area contributed by atoms with Crippen LogP contribution in [0.25, 0.3) is 28.1 Å². The zero-order chi connectivity index (χ0) is 17.5. The highest BCUT2D eigenvalue weighted by atomic mass is 19.1. The quantitative estimate of drug-likeness (QED) is 0.504. The first-order chi connectivity index (χ1) is 12.8. The van der Waals surface area contributed by atoms with Crippen molar-refractivity contribution < 1.29 is 4.39 Å². The molecular weight excluding hydrogens is 331 g/mol. The van der Waals surface area contributed by atoms with Crippen LogP contribution >= 0.6 is 0 Å². The summed E-state index contributed by atoms with van der Waals surface area (Å²) in [5.41, 5.74) is 3.32. The maximum atomic E-state index is 13.1. The van der Waals surface area contributed by atoms with Crippen molar-refractivity contribution in [2.24, 2.45) is 0 Å². The van der Waals surface area contributed by atoms with Crippen molar-refractivity contribution in [3.05, 3.63) is 78.5 Å². The third-order valence-corrected chi connectivity index (χ3v) is 4.25. The zero-order valence-corrected chi connectivity index (χ0v) is 13.6. The van der Waals surface area contributed by atoms with E-state index in [0.717, 1.165) is 22.2 Å². The Bertz CT molecular complexity index is 1210. The molecule has 3 heterocycles. The lowest BCUT2D eigenvalue weighted by molar-refractivity contribution is 0.628. The number of hydrogen-bond donors (Lipinski definition) is 0. The van der Waals surface area contributed by atoms with Gasteiger partial charge in [-0.25, -0.2) is 23.6 Å². The Kier molecular flexibility index (Phi) is 3.24. The Morgan fingerprint density at radius 2 is 1.73 bits per heavy atom. The van der Waals surface area contributed by atoms with Crippen LogP contribution in [0.3, 0.4) is 0 Å². The molecule has 7 heteroatoms. The van der Waals surface area contributed by atoms with E-state index in [1.54, 1.807) is 29.2 Å². The van der Waals surface area contributed by atoms with Crippen molar-refractivity contribution in [1.29, 1.82) is 0 Å². The summed E-state index contributed by atoms with van der Waals surface area (Å²) < 4.78 is 16.6. The van der Waals surface area contributed by atoms with Gasteiger partial charge in [0.1, 0.15) is 12.1 Å². The predicted octanol–water partition coefficient (Wildman–Crippen LogP) is 3.33. The molecule has 0 saturated carbocycles. The first-order valence-electron chi connectivity index (χ1n) is 8.15. The Balaban J connectivity index is 1.61. The van der Waals surface area contributed by atoms with Gasteiger partial charge in [-0.1, -0.05) is 30.3 Å². The Morgan fingerprint density at radius 1 is 0.923 bits per heavy atom. The Morgan fingerprint density at radius 3 is 2.54 bits per heavy atom. The van der Waals surface area contributed by atoms with Gasteiger partial charge >= 0.3 is 0 Å². The number of rotatable bonds is 3. The standard InChI is InChI=1S/C19H13FN6/c20-15-8-6-14(7-9-15)17-23-19-16-10-22-25(11-13-4-2-1-3-5-13)18(16)21-12-26(19)24-17/h1-10,12H,11H2. The van der Waals surface area contributed by atoms with Crippen molar-refractivity contribution in [1.82, 2.24) is 29.4 Å². The highest BCUT2D eigenvalue weighted by molar-refractivity contribution is 5.89. The van der Waals surface area contributed by atoms with Gasteiger partial charge in [0.2, 0.25) is 0 Å². The molecular formula is C19H13FN6. The van der Waals surface area contributed by atoms with Gasteiger partial charge < -0.3 is 0 Å². The van der Waals surface area contributed by atoms with E-state index < -0.39 is 0 Å². The lowest BCUT2D eigenvalue weighted by Crippen LogP contribution is -2.03. The molecule has 0 radical (unpaired) electrons. The number of fused-ring (bicyclic) bond motifs is 3. The number of halogens is 1. The summed E-state index contributed by atoms with van der Waals surface area (Å²) in [6.45, 7) is 0.631. The summed E-state index contributed by atoms with van der Waals surface area (Å²) in [6.07, 6.45) is 3.38. The number of aromatic nitrogens is 6. The fraction of sp³-hybridized carbons (Fsp3) is 0.0526. The topological polar surface area (TPSA) is 60.9 Å². The second-order valence-corrected chi connectivity index (χ2v) is 5.98. The predicted molar refractivity (Wildman–Crippen MR) is 95.0 cm³/mol. The number of nitrogens with zero attached hydrogens (tertiary/aromatic N) is 6. The monoisotopic (exact) mass is 344 g/mol. The van der Waals surface area contributed by atoms with E-state index in [0.29, 0.717) is 18.0 Å². The molecule has 0 amide bonds. The summed E-state index contributed by atoms with van der Waals surface area (Å²) in [5.74, 6) is 0.235. The molecule has 126 valence electrons. The number of hydrogen-bond acceptors (Lipinski definition) is 4. The summed E-state index contributed by atoms with van der Waals surface area (Å²) >= 11 is 0. The molecule has 0 N–H and O–H groups in total. The van der Waals surface area contributed by atoms with Crippen molar-refractivity contribution in [3.63, 3.8) is 0 Å². The second kappa shape index (κ2) is 5.73. The van der Waals surface area contributed by atoms with E-state index >= 15 is 0 Å². The molecule has 0 aliphatic rings. The van der Waals surface area contributed by atoms with E-state index in [2.05, 4.69) is 32.3 Å². The molecule has 6 nitrogen and oxygen atoms in total. The fourth-order valence-corrected chi connectivity index (χ4v) is 2.96. The normalized spacial score (nSPS) is 11.4. The molecule has 2 aromatic carbocycles. The summed E-state index contributed by atoms with van der Waals surface area (Å²) in [7, 11) is 0. The molecule has 3 aromatic heterocycles. The maximum absolute atomic E-state index is 13.1. The molecule has 0 saturated heterocycles. The maximum Gasteiger partial charge on any atom is 0.182 e. The van der Waals surface area contributed by atoms with E-state index in [1.807, 2.05) is 22.9 Å². The highest BCUT2D eigenvalue weighted by Crippen LogP contribution is 2.21. The van der Waals surface area contributed by atoms with E-state index in [1.165, 1.54) is 12.1 Å². The van der Waals surface area contributed by atoms with Crippen LogP contribution in [0.15, 0.2) is 67.1 Å². The van der Waals surface area contributed by atoms with Gasteiger partial charge in [0.05, 0.1) is 18.1 Å². The van der Waals surface area contributed by atoms with Crippen molar-refractivity contribution >= 4 is 16.7 Å². The molecule has 5 aromatic rings. The number of benzene rings is 2. The molecule has 0 bridgehead atoms. The Hall–Kier alpha value is -3.61. The van der Waals surface area contributed by atoms with Gasteiger partial charge in [0, 0.05) is 5.56 Å². The second-order valence-electron chi connectivity index (χ2n) is 5.98. The molecule has 0 atom stereocenters. The molecule has 26 heavy (non-hydrogen) atoms. The Labute approximate surface area is 147 Å². The van der Waals surface area contributed by atoms with Gasteiger partial charge in [-0.2, -0.15) is 5.10 Å². The molecule has 0 spiro atoms. The average Bonchev–Trinajstić information content (AvgIpc) is 3.27. The first-order valence-corrected chi connectivity index (χ1v) is 8.15. The molecule has 0 aliphatic carbocycles. The largest absolute Gasteiger partial charge is 0.243 e. The van der Waals surface area contributed by atoms with Crippen molar-refractivity contribution in [2.75, 3.05) is 0 Å². The average molecular weight is 344 g/mol. The van der Waals surface area contributed by atoms with E-state index in [9.17, 15) is 4.39 Å². The van der Waals surface area contributed by atoms with Gasteiger partial charge in [-0.05, 0) is 29.8 Å². The first kappa shape index (κ1) is 14.7. The van der Waals surface area contributed by atoms with Gasteiger partial charge in [0.25, 0.3) is 0 Å². The van der Waals surface area contributed by atoms with Crippen LogP contribution in [-0.2, 0) is 6.54 Å². The van der Waals surface area contributed by atoms with Crippen LogP contribution in [-0.4, -0.2) is 29.4 Å². The van der Waals surface area contributed by atoms with Crippen LogP contribution in [0.5, 0.6) is 0 Å². The zero-order valence-electron chi connectivity index (χ0n) is 13.6. The minimum absolute atomic E-state index is 0.288.